The third-order valence-electron chi connectivity index (χ3n) is 5.18. The van der Waals surface area contributed by atoms with Gasteiger partial charge in [-0.2, -0.15) is 0 Å². The highest BCUT2D eigenvalue weighted by atomic mass is 16.5. The zero-order chi connectivity index (χ0) is 16.4. The van der Waals surface area contributed by atoms with Gasteiger partial charge in [0.05, 0.1) is 25.9 Å². The Morgan fingerprint density at radius 1 is 1.52 bits per heavy atom. The number of fused-ring (bicyclic) bond motifs is 1. The smallest absolute Gasteiger partial charge is 0.335 e. The number of ether oxygens (including phenoxy) is 2. The lowest BCUT2D eigenvalue weighted by atomic mass is 9.75. The molecule has 0 aliphatic carbocycles. The van der Waals surface area contributed by atoms with Gasteiger partial charge in [0, 0.05) is 43.1 Å². The fraction of sp³-hybridized carbons (Fsp3) is 0.588. The maximum atomic E-state index is 11.2. The summed E-state index contributed by atoms with van der Waals surface area (Å²) < 4.78 is 10.9. The number of methoxy groups -OCH3 is 1. The first-order valence-electron chi connectivity index (χ1n) is 7.89. The van der Waals surface area contributed by atoms with Gasteiger partial charge in [-0.15, -0.1) is 0 Å². The molecule has 3 rings (SSSR count). The summed E-state index contributed by atoms with van der Waals surface area (Å²) in [4.78, 5) is 13.5. The molecular formula is C17H23NO5. The van der Waals surface area contributed by atoms with Crippen LogP contribution in [0.2, 0.25) is 0 Å². The molecule has 23 heavy (non-hydrogen) atoms. The lowest BCUT2D eigenvalue weighted by molar-refractivity contribution is -0.0417. The van der Waals surface area contributed by atoms with E-state index in [0.29, 0.717) is 31.4 Å². The normalized spacial score (nSPS) is 27.7. The van der Waals surface area contributed by atoms with E-state index in [2.05, 4.69) is 4.90 Å². The van der Waals surface area contributed by atoms with Crippen LogP contribution < -0.4 is 4.74 Å². The summed E-state index contributed by atoms with van der Waals surface area (Å²) in [6.45, 7) is 3.82. The third kappa shape index (κ3) is 3.06. The number of hydrogen-bond acceptors (Lipinski definition) is 5. The predicted molar refractivity (Wildman–Crippen MR) is 83.7 cm³/mol. The van der Waals surface area contributed by atoms with E-state index >= 15 is 0 Å². The van der Waals surface area contributed by atoms with Crippen LogP contribution in [-0.2, 0) is 11.3 Å². The Labute approximate surface area is 135 Å². The molecule has 2 aliphatic rings. The molecule has 0 saturated carbocycles. The molecule has 0 radical (unpaired) electrons. The van der Waals surface area contributed by atoms with Crippen LogP contribution in [0.3, 0.4) is 0 Å². The van der Waals surface area contributed by atoms with Gasteiger partial charge >= 0.3 is 5.97 Å². The van der Waals surface area contributed by atoms with Crippen LogP contribution in [0.15, 0.2) is 18.2 Å². The van der Waals surface area contributed by atoms with Crippen LogP contribution in [0, 0.1) is 11.3 Å². The highest BCUT2D eigenvalue weighted by molar-refractivity contribution is 5.88. The van der Waals surface area contributed by atoms with Gasteiger partial charge in [0.15, 0.2) is 0 Å². The van der Waals surface area contributed by atoms with Gasteiger partial charge in [0.25, 0.3) is 0 Å². The molecular weight excluding hydrogens is 298 g/mol. The Morgan fingerprint density at radius 2 is 2.35 bits per heavy atom. The Morgan fingerprint density at radius 3 is 3.00 bits per heavy atom. The first-order valence-corrected chi connectivity index (χ1v) is 7.89. The van der Waals surface area contributed by atoms with Crippen molar-refractivity contribution in [2.45, 2.75) is 13.0 Å². The molecule has 2 fully saturated rings. The standard InChI is InChI=1S/C17H23NO5/c1-22-15-3-2-12(16(20)21)6-13(15)7-18-8-14-9-23-5-4-17(14,10-18)11-19/h2-3,6,14,19H,4-5,7-11H2,1H3,(H,20,21)/t14-,17-/m1/s1. The number of likely N-dealkylation sites (tertiary alicyclic amines) is 1. The number of carboxylic acid groups (broad SMARTS) is 1. The maximum absolute atomic E-state index is 11.2. The van der Waals surface area contributed by atoms with E-state index in [1.54, 1.807) is 25.3 Å². The van der Waals surface area contributed by atoms with E-state index < -0.39 is 5.97 Å². The monoisotopic (exact) mass is 321 g/mol. The molecule has 1 aromatic rings. The summed E-state index contributed by atoms with van der Waals surface area (Å²) in [7, 11) is 1.59. The van der Waals surface area contributed by atoms with Crippen molar-refractivity contribution in [1.82, 2.24) is 4.90 Å². The molecule has 0 spiro atoms. The Hall–Kier alpha value is -1.63. The van der Waals surface area contributed by atoms with Gasteiger partial charge in [-0.1, -0.05) is 0 Å². The van der Waals surface area contributed by atoms with Crippen LogP contribution in [0.4, 0.5) is 0 Å². The highest BCUT2D eigenvalue weighted by Gasteiger charge is 2.47. The first kappa shape index (κ1) is 16.2. The molecule has 2 atom stereocenters. The maximum Gasteiger partial charge on any atom is 0.335 e. The number of aliphatic hydroxyl groups excluding tert-OH is 1. The summed E-state index contributed by atoms with van der Waals surface area (Å²) in [6.07, 6.45) is 0.872. The Balaban J connectivity index is 1.79. The number of carboxylic acids is 1. The largest absolute Gasteiger partial charge is 0.496 e. The first-order chi connectivity index (χ1) is 11.1. The van der Waals surface area contributed by atoms with Crippen LogP contribution >= 0.6 is 0 Å². The number of hydrogen-bond donors (Lipinski definition) is 2. The zero-order valence-corrected chi connectivity index (χ0v) is 13.3. The number of carbonyl (C=O) groups is 1. The number of benzene rings is 1. The molecule has 1 aromatic carbocycles. The highest BCUT2D eigenvalue weighted by Crippen LogP contribution is 2.42. The van der Waals surface area contributed by atoms with Crippen molar-refractivity contribution in [3.8, 4) is 5.75 Å². The second-order valence-corrected chi connectivity index (χ2v) is 6.54. The van der Waals surface area contributed by atoms with E-state index in [-0.39, 0.29) is 17.6 Å². The third-order valence-corrected chi connectivity index (χ3v) is 5.18. The molecule has 2 heterocycles. The average molecular weight is 321 g/mol. The molecule has 6 heteroatoms. The van der Waals surface area contributed by atoms with Crippen molar-refractivity contribution in [3.63, 3.8) is 0 Å². The van der Waals surface area contributed by atoms with Gasteiger partial charge < -0.3 is 19.7 Å². The lowest BCUT2D eigenvalue weighted by Crippen LogP contribution is -2.41. The van der Waals surface area contributed by atoms with E-state index in [4.69, 9.17) is 9.47 Å². The molecule has 0 bridgehead atoms. The minimum absolute atomic E-state index is 0.0874. The van der Waals surface area contributed by atoms with Gasteiger partial charge in [-0.3, -0.25) is 4.90 Å². The van der Waals surface area contributed by atoms with Gasteiger partial charge in [-0.25, -0.2) is 4.79 Å². The van der Waals surface area contributed by atoms with Crippen molar-refractivity contribution in [2.75, 3.05) is 40.0 Å². The molecule has 0 amide bonds. The number of aliphatic hydroxyl groups is 1. The van der Waals surface area contributed by atoms with E-state index in [9.17, 15) is 15.0 Å². The summed E-state index contributed by atoms with van der Waals surface area (Å²) in [5.41, 5.74) is 1.04. The summed E-state index contributed by atoms with van der Waals surface area (Å²) in [6, 6.07) is 4.93. The van der Waals surface area contributed by atoms with E-state index in [1.807, 2.05) is 0 Å². The molecule has 0 aromatic heterocycles. The summed E-state index contributed by atoms with van der Waals surface area (Å²) in [5, 5.41) is 19.0. The minimum atomic E-state index is -0.941. The van der Waals surface area contributed by atoms with Crippen molar-refractivity contribution in [1.29, 1.82) is 0 Å². The molecule has 126 valence electrons. The van der Waals surface area contributed by atoms with Gasteiger partial charge in [0.1, 0.15) is 5.75 Å². The minimum Gasteiger partial charge on any atom is -0.496 e. The fourth-order valence-electron chi connectivity index (χ4n) is 3.81. The van der Waals surface area contributed by atoms with E-state index in [1.165, 1.54) is 0 Å². The molecule has 2 N–H and O–H groups in total. The topological polar surface area (TPSA) is 79.2 Å². The number of nitrogens with zero attached hydrogens (tertiary/aromatic N) is 1. The second-order valence-electron chi connectivity index (χ2n) is 6.54. The molecule has 2 saturated heterocycles. The molecule has 2 aliphatic heterocycles. The van der Waals surface area contributed by atoms with Crippen LogP contribution in [-0.4, -0.2) is 61.1 Å². The van der Waals surface area contributed by atoms with Crippen molar-refractivity contribution < 1.29 is 24.5 Å². The fourth-order valence-corrected chi connectivity index (χ4v) is 3.81. The van der Waals surface area contributed by atoms with Gasteiger partial charge in [0.2, 0.25) is 0 Å². The van der Waals surface area contributed by atoms with Crippen LogP contribution in [0.1, 0.15) is 22.3 Å². The van der Waals surface area contributed by atoms with Crippen molar-refractivity contribution in [3.05, 3.63) is 29.3 Å². The summed E-state index contributed by atoms with van der Waals surface area (Å²) in [5.74, 6) is 0.0818. The van der Waals surface area contributed by atoms with Crippen LogP contribution in [0.25, 0.3) is 0 Å². The van der Waals surface area contributed by atoms with E-state index in [0.717, 1.165) is 25.1 Å². The Kier molecular flexibility index (Phi) is 4.57. The molecule has 6 nitrogen and oxygen atoms in total. The second kappa shape index (κ2) is 6.47. The molecule has 0 unspecified atom stereocenters. The number of rotatable bonds is 5. The van der Waals surface area contributed by atoms with Crippen LogP contribution in [0.5, 0.6) is 5.75 Å². The van der Waals surface area contributed by atoms with Crippen molar-refractivity contribution >= 4 is 5.97 Å². The SMILES string of the molecule is COc1ccc(C(=O)O)cc1CN1C[C@@H]2COCC[C@]2(CO)C1. The average Bonchev–Trinajstić information content (AvgIpc) is 2.93. The zero-order valence-electron chi connectivity index (χ0n) is 13.3. The van der Waals surface area contributed by atoms with Gasteiger partial charge in [-0.05, 0) is 24.6 Å². The number of aromatic carboxylic acids is 1. The summed E-state index contributed by atoms with van der Waals surface area (Å²) >= 11 is 0. The van der Waals surface area contributed by atoms with Crippen molar-refractivity contribution in [2.24, 2.45) is 11.3 Å². The quantitative estimate of drug-likeness (QED) is 0.849. The Bertz CT molecular complexity index is 590. The lowest BCUT2D eigenvalue weighted by Gasteiger charge is -2.36. The predicted octanol–water partition coefficient (Wildman–Crippen LogP) is 1.22.